The number of esters is 1. The highest BCUT2D eigenvalue weighted by Crippen LogP contribution is 2.18. The van der Waals surface area contributed by atoms with Crippen LogP contribution in [0, 0.1) is 5.92 Å². The van der Waals surface area contributed by atoms with E-state index in [9.17, 15) is 18.0 Å². The molecule has 1 fully saturated rings. The fourth-order valence-electron chi connectivity index (χ4n) is 3.38. The van der Waals surface area contributed by atoms with Crippen molar-refractivity contribution < 1.29 is 32.2 Å². The lowest BCUT2D eigenvalue weighted by Crippen LogP contribution is -2.39. The maximum Gasteiger partial charge on any atom is 0.338 e. The molecule has 1 saturated heterocycles. The molecule has 0 aromatic heterocycles. The average molecular weight is 525 g/mol. The summed E-state index contributed by atoms with van der Waals surface area (Å²) in [6.45, 7) is 2.24. The average Bonchev–Trinajstić information content (AvgIpc) is 2.85. The summed E-state index contributed by atoms with van der Waals surface area (Å²) in [5.41, 5.74) is 0.663. The molecular formula is C24H29ClN2O7S. The molecule has 2 aromatic rings. The van der Waals surface area contributed by atoms with Crippen molar-refractivity contribution in [1.29, 1.82) is 0 Å². The molecule has 1 heterocycles. The van der Waals surface area contributed by atoms with Crippen LogP contribution in [-0.4, -0.2) is 52.9 Å². The Kier molecular flexibility index (Phi) is 10.1. The van der Waals surface area contributed by atoms with Crippen LogP contribution in [0.15, 0.2) is 53.4 Å². The Hall–Kier alpha value is -2.50. The number of hydrogen-bond donors (Lipinski definition) is 2. The molecule has 1 aliphatic rings. The highest BCUT2D eigenvalue weighted by Gasteiger charge is 2.25. The minimum absolute atomic E-state index is 0.0275. The maximum absolute atomic E-state index is 13.1. The predicted octanol–water partition coefficient (Wildman–Crippen LogP) is 3.59. The van der Waals surface area contributed by atoms with Gasteiger partial charge in [0.15, 0.2) is 6.29 Å². The Morgan fingerprint density at radius 2 is 1.94 bits per heavy atom. The van der Waals surface area contributed by atoms with Crippen LogP contribution in [0.1, 0.15) is 36.5 Å². The van der Waals surface area contributed by atoms with Gasteiger partial charge in [0.1, 0.15) is 0 Å². The van der Waals surface area contributed by atoms with Crippen LogP contribution in [0.5, 0.6) is 0 Å². The van der Waals surface area contributed by atoms with Crippen LogP contribution in [0.4, 0.5) is 5.69 Å². The number of halogens is 1. The van der Waals surface area contributed by atoms with Gasteiger partial charge in [-0.15, -0.1) is 0 Å². The highest BCUT2D eigenvalue weighted by molar-refractivity contribution is 7.89. The van der Waals surface area contributed by atoms with Gasteiger partial charge >= 0.3 is 5.97 Å². The first-order valence-electron chi connectivity index (χ1n) is 11.3. The summed E-state index contributed by atoms with van der Waals surface area (Å²) in [6, 6.07) is 12.0. The molecule has 0 aliphatic carbocycles. The number of carbonyl (C=O) groups is 2. The standard InChI is InChI=1S/C24H29ClN2O7S/c1-2-32-24(29)17-6-5-7-20(14-17)27-23(28)18(16-34-22-8-3-4-13-33-22)15-26-35(30,31)21-11-9-19(25)10-12-21/h5-7,9-12,14,18,22,26H,2-4,8,13,15-16H2,1H3,(H,27,28). The summed E-state index contributed by atoms with van der Waals surface area (Å²) in [5.74, 6) is -1.84. The number of rotatable bonds is 11. The van der Waals surface area contributed by atoms with Crippen molar-refractivity contribution >= 4 is 39.2 Å². The van der Waals surface area contributed by atoms with Gasteiger partial charge in [0, 0.05) is 23.9 Å². The first kappa shape index (κ1) is 27.1. The second-order valence-electron chi connectivity index (χ2n) is 7.92. The molecule has 3 rings (SSSR count). The lowest BCUT2D eigenvalue weighted by molar-refractivity contribution is -0.170. The predicted molar refractivity (Wildman–Crippen MR) is 131 cm³/mol. The molecule has 9 nitrogen and oxygen atoms in total. The minimum Gasteiger partial charge on any atom is -0.462 e. The minimum atomic E-state index is -3.88. The molecular weight excluding hydrogens is 496 g/mol. The van der Waals surface area contributed by atoms with Crippen molar-refractivity contribution in [2.75, 3.05) is 31.7 Å². The van der Waals surface area contributed by atoms with Gasteiger partial charge in [0.2, 0.25) is 15.9 Å². The van der Waals surface area contributed by atoms with Crippen LogP contribution in [0.25, 0.3) is 0 Å². The Labute approximate surface area is 210 Å². The highest BCUT2D eigenvalue weighted by atomic mass is 35.5. The molecule has 1 amide bonds. The fourth-order valence-corrected chi connectivity index (χ4v) is 4.59. The van der Waals surface area contributed by atoms with E-state index in [0.29, 0.717) is 23.7 Å². The quantitative estimate of drug-likeness (QED) is 0.431. The third kappa shape index (κ3) is 8.29. The number of hydrogen-bond acceptors (Lipinski definition) is 7. The molecule has 11 heteroatoms. The largest absolute Gasteiger partial charge is 0.462 e. The lowest BCUT2D eigenvalue weighted by Gasteiger charge is -2.25. The molecule has 35 heavy (non-hydrogen) atoms. The molecule has 190 valence electrons. The first-order valence-corrected chi connectivity index (χ1v) is 13.2. The van der Waals surface area contributed by atoms with E-state index < -0.39 is 34.1 Å². The van der Waals surface area contributed by atoms with E-state index in [2.05, 4.69) is 10.0 Å². The summed E-state index contributed by atoms with van der Waals surface area (Å²) in [6.07, 6.45) is 2.15. The Morgan fingerprint density at radius 1 is 1.17 bits per heavy atom. The van der Waals surface area contributed by atoms with E-state index in [4.69, 9.17) is 25.8 Å². The van der Waals surface area contributed by atoms with E-state index in [0.717, 1.165) is 12.8 Å². The smallest absolute Gasteiger partial charge is 0.338 e. The van der Waals surface area contributed by atoms with E-state index >= 15 is 0 Å². The van der Waals surface area contributed by atoms with Gasteiger partial charge in [-0.25, -0.2) is 17.9 Å². The molecule has 0 bridgehead atoms. The zero-order valence-electron chi connectivity index (χ0n) is 19.4. The van der Waals surface area contributed by atoms with Crippen molar-refractivity contribution in [1.82, 2.24) is 4.72 Å². The second-order valence-corrected chi connectivity index (χ2v) is 10.1. The van der Waals surface area contributed by atoms with Gasteiger partial charge in [-0.3, -0.25) is 4.79 Å². The number of benzene rings is 2. The number of amides is 1. The number of ether oxygens (including phenoxy) is 3. The molecule has 0 radical (unpaired) electrons. The summed E-state index contributed by atoms with van der Waals surface area (Å²) in [5, 5.41) is 3.14. The van der Waals surface area contributed by atoms with Crippen LogP contribution in [0.3, 0.4) is 0 Å². The van der Waals surface area contributed by atoms with Crippen LogP contribution >= 0.6 is 11.6 Å². The Balaban J connectivity index is 1.70. The normalized spacial score (nSPS) is 16.9. The second kappa shape index (κ2) is 13.0. The molecule has 2 aromatic carbocycles. The monoisotopic (exact) mass is 524 g/mol. The van der Waals surface area contributed by atoms with Crippen molar-refractivity contribution in [3.63, 3.8) is 0 Å². The van der Waals surface area contributed by atoms with E-state index in [1.165, 1.54) is 30.3 Å². The Morgan fingerprint density at radius 3 is 2.63 bits per heavy atom. The number of sulfonamides is 1. The van der Waals surface area contributed by atoms with Crippen LogP contribution in [0.2, 0.25) is 5.02 Å². The van der Waals surface area contributed by atoms with Crippen molar-refractivity contribution in [2.45, 2.75) is 37.4 Å². The summed E-state index contributed by atoms with van der Waals surface area (Å²) in [4.78, 5) is 25.1. The van der Waals surface area contributed by atoms with Gasteiger partial charge in [-0.2, -0.15) is 0 Å². The molecule has 0 spiro atoms. The molecule has 2 atom stereocenters. The summed E-state index contributed by atoms with van der Waals surface area (Å²) in [7, 11) is -3.88. The topological polar surface area (TPSA) is 120 Å². The van der Waals surface area contributed by atoms with Gasteiger partial charge in [-0.05, 0) is 68.7 Å². The maximum atomic E-state index is 13.1. The van der Waals surface area contributed by atoms with Crippen molar-refractivity contribution in [3.05, 3.63) is 59.1 Å². The van der Waals surface area contributed by atoms with Gasteiger partial charge in [-0.1, -0.05) is 17.7 Å². The van der Waals surface area contributed by atoms with Crippen LogP contribution < -0.4 is 10.0 Å². The molecule has 0 saturated carbocycles. The lowest BCUT2D eigenvalue weighted by atomic mass is 10.1. The SMILES string of the molecule is CCOC(=O)c1cccc(NC(=O)C(CNS(=O)(=O)c2ccc(Cl)cc2)COC2CCCCO2)c1. The van der Waals surface area contributed by atoms with Gasteiger partial charge < -0.3 is 19.5 Å². The summed E-state index contributed by atoms with van der Waals surface area (Å²) < 4.78 is 44.2. The number of nitrogens with one attached hydrogen (secondary N) is 2. The Bertz CT molecular complexity index is 1100. The zero-order valence-corrected chi connectivity index (χ0v) is 20.9. The van der Waals surface area contributed by atoms with E-state index in [-0.39, 0.29) is 30.2 Å². The first-order chi connectivity index (χ1) is 16.8. The fraction of sp³-hybridized carbons (Fsp3) is 0.417. The third-order valence-corrected chi connectivity index (χ3v) is 6.97. The number of carbonyl (C=O) groups excluding carboxylic acids is 2. The molecule has 1 aliphatic heterocycles. The molecule has 2 N–H and O–H groups in total. The van der Waals surface area contributed by atoms with Gasteiger partial charge in [0.05, 0.1) is 29.6 Å². The van der Waals surface area contributed by atoms with Gasteiger partial charge in [0.25, 0.3) is 0 Å². The summed E-state index contributed by atoms with van der Waals surface area (Å²) >= 11 is 5.85. The van der Waals surface area contributed by atoms with Crippen molar-refractivity contribution in [3.8, 4) is 0 Å². The number of anilines is 1. The van der Waals surface area contributed by atoms with Crippen molar-refractivity contribution in [2.24, 2.45) is 5.92 Å². The van der Waals surface area contributed by atoms with E-state index in [1.807, 2.05) is 0 Å². The third-order valence-electron chi connectivity index (χ3n) is 5.28. The van der Waals surface area contributed by atoms with Crippen LogP contribution in [-0.2, 0) is 29.0 Å². The van der Waals surface area contributed by atoms with E-state index in [1.54, 1.807) is 25.1 Å². The molecule has 2 unspecified atom stereocenters. The zero-order chi connectivity index (χ0) is 25.3.